The zero-order valence-corrected chi connectivity index (χ0v) is 27.9. The average Bonchev–Trinajstić information content (AvgIpc) is 3.57. The van der Waals surface area contributed by atoms with Crippen LogP contribution >= 0.6 is 23.1 Å². The van der Waals surface area contributed by atoms with Crippen molar-refractivity contribution in [3.63, 3.8) is 0 Å². The van der Waals surface area contributed by atoms with Crippen LogP contribution in [0.1, 0.15) is 22.8 Å². The lowest BCUT2D eigenvalue weighted by Gasteiger charge is -2.14. The number of carbonyl (C=O) groups is 3. The molecule has 0 saturated heterocycles. The molecule has 244 valence electrons. The fourth-order valence-corrected chi connectivity index (χ4v) is 6.18. The summed E-state index contributed by atoms with van der Waals surface area (Å²) in [7, 11) is 3.04. The maximum absolute atomic E-state index is 13.6. The van der Waals surface area contributed by atoms with Crippen LogP contribution in [0.4, 0.5) is 10.8 Å². The molecule has 0 aliphatic carbocycles. The summed E-state index contributed by atoms with van der Waals surface area (Å²) in [5.41, 5.74) is 2.78. The van der Waals surface area contributed by atoms with Gasteiger partial charge in [0.2, 0.25) is 5.91 Å². The summed E-state index contributed by atoms with van der Waals surface area (Å²) in [6.07, 6.45) is 1.47. The van der Waals surface area contributed by atoms with Gasteiger partial charge in [-0.2, -0.15) is 0 Å². The Bertz CT molecular complexity index is 1960. The quantitative estimate of drug-likeness (QED) is 0.0812. The maximum atomic E-state index is 13.6. The van der Waals surface area contributed by atoms with Crippen LogP contribution in [-0.4, -0.2) is 47.3 Å². The van der Waals surface area contributed by atoms with Gasteiger partial charge >= 0.3 is 0 Å². The van der Waals surface area contributed by atoms with Gasteiger partial charge in [-0.3, -0.25) is 14.4 Å². The Morgan fingerprint density at radius 2 is 1.62 bits per heavy atom. The molecular weight excluding hydrogens is 649 g/mol. The number of rotatable bonds is 12. The molecule has 5 rings (SSSR count). The smallest absolute Gasteiger partial charge is 0.272 e. The van der Waals surface area contributed by atoms with Crippen LogP contribution in [0.25, 0.3) is 17.3 Å². The number of thioether (sulfide) groups is 1. The second kappa shape index (κ2) is 15.8. The Morgan fingerprint density at radius 3 is 2.40 bits per heavy atom. The summed E-state index contributed by atoms with van der Waals surface area (Å²) in [4.78, 5) is 45.0. The highest BCUT2D eigenvalue weighted by Crippen LogP contribution is 2.33. The Balaban J connectivity index is 1.28. The second-order valence-electron chi connectivity index (χ2n) is 10.3. The lowest BCUT2D eigenvalue weighted by molar-refractivity contribution is -0.115. The number of aromatic nitrogens is 1. The number of thiazole rings is 1. The molecule has 4 aromatic carbocycles. The Morgan fingerprint density at radius 1 is 0.875 bits per heavy atom. The molecule has 0 bridgehead atoms. The van der Waals surface area contributed by atoms with Gasteiger partial charge in [-0.1, -0.05) is 36.4 Å². The molecular formula is C36H32N4O6S2. The molecule has 1 atom stereocenters. The van der Waals surface area contributed by atoms with Crippen molar-refractivity contribution in [1.82, 2.24) is 10.3 Å². The second-order valence-corrected chi connectivity index (χ2v) is 12.5. The molecule has 1 heterocycles. The van der Waals surface area contributed by atoms with Crippen LogP contribution in [-0.2, 0) is 9.59 Å². The third kappa shape index (κ3) is 8.60. The van der Waals surface area contributed by atoms with Crippen molar-refractivity contribution in [3.8, 4) is 28.5 Å². The van der Waals surface area contributed by atoms with Gasteiger partial charge in [0.05, 0.1) is 25.2 Å². The summed E-state index contributed by atoms with van der Waals surface area (Å²) in [6.45, 7) is 1.78. The fourth-order valence-electron chi connectivity index (χ4n) is 4.54. The van der Waals surface area contributed by atoms with E-state index in [9.17, 15) is 19.5 Å². The molecule has 5 aromatic rings. The van der Waals surface area contributed by atoms with Crippen LogP contribution in [0.15, 0.2) is 113 Å². The van der Waals surface area contributed by atoms with E-state index in [0.29, 0.717) is 39.1 Å². The van der Waals surface area contributed by atoms with Crippen LogP contribution in [0, 0.1) is 0 Å². The van der Waals surface area contributed by atoms with Crippen molar-refractivity contribution in [2.45, 2.75) is 17.1 Å². The Labute approximate surface area is 285 Å². The summed E-state index contributed by atoms with van der Waals surface area (Å²) in [6, 6.07) is 27.5. The Kier molecular flexibility index (Phi) is 11.1. The highest BCUT2D eigenvalue weighted by atomic mass is 32.2. The third-order valence-corrected chi connectivity index (χ3v) is 8.79. The summed E-state index contributed by atoms with van der Waals surface area (Å²) < 4.78 is 10.8. The van der Waals surface area contributed by atoms with Gasteiger partial charge in [-0.15, -0.1) is 23.1 Å². The Hall–Kier alpha value is -5.59. The molecule has 48 heavy (non-hydrogen) atoms. The zero-order chi connectivity index (χ0) is 34.0. The molecule has 1 aromatic heterocycles. The number of ether oxygens (including phenoxy) is 2. The molecule has 3 amide bonds. The first-order valence-electron chi connectivity index (χ1n) is 14.7. The number of amides is 3. The molecule has 12 heteroatoms. The number of phenols is 1. The average molecular weight is 681 g/mol. The topological polar surface area (TPSA) is 139 Å². The highest BCUT2D eigenvalue weighted by Gasteiger charge is 2.19. The van der Waals surface area contributed by atoms with Gasteiger partial charge < -0.3 is 30.5 Å². The number of methoxy groups -OCH3 is 2. The fraction of sp³-hybridized carbons (Fsp3) is 0.111. The predicted octanol–water partition coefficient (Wildman–Crippen LogP) is 7.06. The van der Waals surface area contributed by atoms with Crippen LogP contribution in [0.5, 0.6) is 17.2 Å². The first-order chi connectivity index (χ1) is 23.2. The van der Waals surface area contributed by atoms with Crippen LogP contribution in [0.3, 0.4) is 0 Å². The minimum absolute atomic E-state index is 0.00944. The minimum atomic E-state index is -0.586. The summed E-state index contributed by atoms with van der Waals surface area (Å²) >= 11 is 2.64. The number of para-hydroxylation sites is 1. The van der Waals surface area contributed by atoms with Crippen molar-refractivity contribution >= 4 is 57.7 Å². The van der Waals surface area contributed by atoms with E-state index >= 15 is 0 Å². The van der Waals surface area contributed by atoms with Crippen molar-refractivity contribution in [1.29, 1.82) is 0 Å². The number of aromatic hydroxyl groups is 1. The van der Waals surface area contributed by atoms with Gasteiger partial charge in [0.1, 0.15) is 22.9 Å². The van der Waals surface area contributed by atoms with Gasteiger partial charge in [0, 0.05) is 38.7 Å². The van der Waals surface area contributed by atoms with E-state index in [1.165, 1.54) is 48.4 Å². The molecule has 0 fully saturated rings. The highest BCUT2D eigenvalue weighted by molar-refractivity contribution is 8.00. The van der Waals surface area contributed by atoms with Crippen LogP contribution in [0.2, 0.25) is 0 Å². The van der Waals surface area contributed by atoms with E-state index in [2.05, 4.69) is 20.9 Å². The van der Waals surface area contributed by atoms with E-state index in [1.54, 1.807) is 68.6 Å². The number of phenolic OH excluding ortho intramolecular Hbond substituents is 1. The SMILES string of the molecule is COc1cc(O)ccc1/C=C(/NC(=O)c1ccccc1)C(=O)Nc1cccc(SC(C)C(=O)Nc2nc(-c3ccccc3OC)cs2)c1. The molecule has 0 aliphatic heterocycles. The first-order valence-corrected chi connectivity index (χ1v) is 16.4. The molecule has 0 radical (unpaired) electrons. The normalized spacial score (nSPS) is 11.7. The number of hydrogen-bond acceptors (Lipinski definition) is 9. The predicted molar refractivity (Wildman–Crippen MR) is 190 cm³/mol. The summed E-state index contributed by atoms with van der Waals surface area (Å²) in [5.74, 6) is -0.297. The monoisotopic (exact) mass is 680 g/mol. The molecule has 10 nitrogen and oxygen atoms in total. The van der Waals surface area contributed by atoms with E-state index in [1.807, 2.05) is 35.7 Å². The molecule has 0 saturated carbocycles. The molecule has 0 spiro atoms. The largest absolute Gasteiger partial charge is 0.508 e. The number of nitrogens with one attached hydrogen (secondary N) is 3. The number of carbonyl (C=O) groups excluding carboxylic acids is 3. The summed E-state index contributed by atoms with van der Waals surface area (Å²) in [5, 5.41) is 20.1. The van der Waals surface area contributed by atoms with Crippen LogP contribution < -0.4 is 25.4 Å². The van der Waals surface area contributed by atoms with Crippen molar-refractivity contribution in [3.05, 3.63) is 119 Å². The van der Waals surface area contributed by atoms with E-state index in [-0.39, 0.29) is 17.4 Å². The van der Waals surface area contributed by atoms with E-state index < -0.39 is 17.1 Å². The van der Waals surface area contributed by atoms with Gasteiger partial charge in [0.15, 0.2) is 5.13 Å². The number of benzene rings is 4. The molecule has 4 N–H and O–H groups in total. The van der Waals surface area contributed by atoms with E-state index in [0.717, 1.165) is 10.5 Å². The first kappa shape index (κ1) is 33.8. The van der Waals surface area contributed by atoms with Gasteiger partial charge in [-0.25, -0.2) is 4.98 Å². The third-order valence-electron chi connectivity index (χ3n) is 6.94. The number of nitrogens with zero attached hydrogens (tertiary/aromatic N) is 1. The lowest BCUT2D eigenvalue weighted by Crippen LogP contribution is -2.30. The van der Waals surface area contributed by atoms with Crippen molar-refractivity contribution in [2.75, 3.05) is 24.9 Å². The maximum Gasteiger partial charge on any atom is 0.272 e. The minimum Gasteiger partial charge on any atom is -0.508 e. The zero-order valence-electron chi connectivity index (χ0n) is 26.2. The molecule has 1 unspecified atom stereocenters. The van der Waals surface area contributed by atoms with E-state index in [4.69, 9.17) is 9.47 Å². The lowest BCUT2D eigenvalue weighted by atomic mass is 10.1. The number of hydrogen-bond donors (Lipinski definition) is 4. The molecule has 0 aliphatic rings. The van der Waals surface area contributed by atoms with Crippen molar-refractivity contribution < 1.29 is 29.0 Å². The van der Waals surface area contributed by atoms with Crippen molar-refractivity contribution in [2.24, 2.45) is 0 Å². The standard InChI is InChI=1S/C36H32N4O6S2/c1-22(33(42)40-36-39-30(21-47-36)28-14-7-8-15-31(28)45-2)48-27-13-9-12-25(19-27)37-35(44)29(38-34(43)23-10-5-4-6-11-23)18-24-16-17-26(41)20-32(24)46-3/h4-22,41H,1-3H3,(H,37,44)(H,38,43)(H,39,40,42)/b29-18+. The van der Waals surface area contributed by atoms with Gasteiger partial charge in [0.25, 0.3) is 11.8 Å². The number of anilines is 2. The van der Waals surface area contributed by atoms with Gasteiger partial charge in [-0.05, 0) is 67.6 Å².